The van der Waals surface area contributed by atoms with E-state index in [-0.39, 0.29) is 5.91 Å². The molecule has 1 amide bonds. The molecule has 5 nitrogen and oxygen atoms in total. The third-order valence-corrected chi connectivity index (χ3v) is 2.73. The van der Waals surface area contributed by atoms with Gasteiger partial charge in [-0.15, -0.1) is 0 Å². The fourth-order valence-corrected chi connectivity index (χ4v) is 1.69. The van der Waals surface area contributed by atoms with Crippen LogP contribution in [-0.4, -0.2) is 34.9 Å². The molecule has 0 fully saturated rings. The van der Waals surface area contributed by atoms with Gasteiger partial charge in [-0.3, -0.25) is 4.79 Å². The van der Waals surface area contributed by atoms with Crippen LogP contribution in [0.3, 0.4) is 0 Å². The topological polar surface area (TPSA) is 69.0 Å². The zero-order valence-electron chi connectivity index (χ0n) is 11.0. The first-order valence-corrected chi connectivity index (χ1v) is 6.04. The first kappa shape index (κ1) is 14.0. The third kappa shape index (κ3) is 3.20. The lowest BCUT2D eigenvalue weighted by atomic mass is 10.2. The van der Waals surface area contributed by atoms with Gasteiger partial charge in [-0.1, -0.05) is 0 Å². The van der Waals surface area contributed by atoms with Crippen LogP contribution in [0.25, 0.3) is 0 Å². The van der Waals surface area contributed by atoms with E-state index in [1.165, 1.54) is 0 Å². The Morgan fingerprint density at radius 3 is 2.78 bits per heavy atom. The van der Waals surface area contributed by atoms with Crippen LogP contribution in [0.4, 0.5) is 5.82 Å². The number of amides is 1. The Morgan fingerprint density at radius 1 is 1.56 bits per heavy atom. The highest BCUT2D eigenvalue weighted by Crippen LogP contribution is 2.11. The molecule has 0 saturated carbocycles. The van der Waals surface area contributed by atoms with E-state index in [4.69, 9.17) is 5.26 Å². The van der Waals surface area contributed by atoms with E-state index < -0.39 is 6.04 Å². The van der Waals surface area contributed by atoms with Crippen molar-refractivity contribution in [1.29, 1.82) is 5.26 Å². The van der Waals surface area contributed by atoms with Crippen LogP contribution in [-0.2, 0) is 4.79 Å². The smallest absolute Gasteiger partial charge is 0.244 e. The monoisotopic (exact) mass is 246 g/mol. The Morgan fingerprint density at radius 2 is 2.22 bits per heavy atom. The fourth-order valence-electron chi connectivity index (χ4n) is 1.69. The lowest BCUT2D eigenvalue weighted by Crippen LogP contribution is -2.41. The van der Waals surface area contributed by atoms with Crippen LogP contribution >= 0.6 is 0 Å². The number of pyridine rings is 1. The Bertz CT molecular complexity index is 449. The molecule has 1 aromatic heterocycles. The van der Waals surface area contributed by atoms with Crippen molar-refractivity contribution < 1.29 is 4.79 Å². The molecule has 1 atom stereocenters. The molecule has 0 aromatic carbocycles. The lowest BCUT2D eigenvalue weighted by Gasteiger charge is -2.23. The molecule has 1 N–H and O–H groups in total. The van der Waals surface area contributed by atoms with Gasteiger partial charge in [-0.05, 0) is 32.9 Å². The van der Waals surface area contributed by atoms with Gasteiger partial charge in [-0.2, -0.15) is 5.26 Å². The summed E-state index contributed by atoms with van der Waals surface area (Å²) >= 11 is 0. The highest BCUT2D eigenvalue weighted by atomic mass is 16.2. The predicted molar refractivity (Wildman–Crippen MR) is 70.0 cm³/mol. The number of nitrogens with one attached hydrogen (secondary N) is 1. The Kier molecular flexibility index (Phi) is 5.12. The van der Waals surface area contributed by atoms with Crippen molar-refractivity contribution in [3.63, 3.8) is 0 Å². The van der Waals surface area contributed by atoms with Crippen LogP contribution in [0.1, 0.15) is 26.3 Å². The average molecular weight is 246 g/mol. The molecule has 18 heavy (non-hydrogen) atoms. The van der Waals surface area contributed by atoms with Crippen molar-refractivity contribution in [3.05, 3.63) is 23.9 Å². The number of aromatic nitrogens is 1. The molecule has 0 aliphatic rings. The van der Waals surface area contributed by atoms with E-state index in [9.17, 15) is 4.79 Å². The van der Waals surface area contributed by atoms with Crippen molar-refractivity contribution in [1.82, 2.24) is 9.88 Å². The van der Waals surface area contributed by atoms with Crippen LogP contribution in [0.5, 0.6) is 0 Å². The van der Waals surface area contributed by atoms with Gasteiger partial charge in [-0.25, -0.2) is 4.98 Å². The van der Waals surface area contributed by atoms with Gasteiger partial charge >= 0.3 is 0 Å². The van der Waals surface area contributed by atoms with Gasteiger partial charge in [0, 0.05) is 19.3 Å². The quantitative estimate of drug-likeness (QED) is 0.857. The summed E-state index contributed by atoms with van der Waals surface area (Å²) in [6.07, 6.45) is 1.60. The van der Waals surface area contributed by atoms with E-state index in [1.54, 1.807) is 30.2 Å². The van der Waals surface area contributed by atoms with Crippen molar-refractivity contribution in [2.45, 2.75) is 26.8 Å². The minimum atomic E-state index is -0.396. The third-order valence-electron chi connectivity index (χ3n) is 2.73. The number of hydrogen-bond acceptors (Lipinski definition) is 4. The second kappa shape index (κ2) is 6.60. The second-order valence-electron chi connectivity index (χ2n) is 3.89. The molecule has 1 heterocycles. The van der Waals surface area contributed by atoms with Crippen molar-refractivity contribution in [2.75, 3.05) is 18.4 Å². The largest absolute Gasteiger partial charge is 0.358 e. The van der Waals surface area contributed by atoms with Gasteiger partial charge in [0.05, 0.1) is 5.56 Å². The Hall–Kier alpha value is -2.09. The molecule has 0 radical (unpaired) electrons. The zero-order valence-corrected chi connectivity index (χ0v) is 11.0. The first-order chi connectivity index (χ1) is 8.63. The van der Waals surface area contributed by atoms with Crippen molar-refractivity contribution in [3.8, 4) is 6.07 Å². The summed E-state index contributed by atoms with van der Waals surface area (Å²) in [5.74, 6) is 0.461. The Labute approximate surface area is 107 Å². The summed E-state index contributed by atoms with van der Waals surface area (Å²) in [5.41, 5.74) is 0.441. The number of likely N-dealkylation sites (N-methyl/N-ethyl adjacent to an activating group) is 1. The zero-order chi connectivity index (χ0) is 13.5. The lowest BCUT2D eigenvalue weighted by molar-refractivity contribution is -0.131. The molecule has 1 unspecified atom stereocenters. The molecular weight excluding hydrogens is 228 g/mol. The number of hydrogen-bond donors (Lipinski definition) is 1. The van der Waals surface area contributed by atoms with Gasteiger partial charge < -0.3 is 10.2 Å². The molecule has 0 saturated heterocycles. The number of carbonyl (C=O) groups is 1. The van der Waals surface area contributed by atoms with Gasteiger partial charge in [0.25, 0.3) is 0 Å². The summed E-state index contributed by atoms with van der Waals surface area (Å²) in [6.45, 7) is 7.00. The molecule has 1 rings (SSSR count). The molecule has 0 aliphatic heterocycles. The summed E-state index contributed by atoms with van der Waals surface area (Å²) in [4.78, 5) is 17.9. The van der Waals surface area contributed by atoms with Crippen LogP contribution in [0, 0.1) is 11.3 Å². The highest BCUT2D eigenvalue weighted by molar-refractivity contribution is 5.84. The average Bonchev–Trinajstić information content (AvgIpc) is 2.40. The number of carbonyl (C=O) groups excluding carboxylic acids is 1. The SMILES string of the molecule is CCN(CC)C(=O)C(C)Nc1ncccc1C#N. The molecule has 0 spiro atoms. The normalized spacial score (nSPS) is 11.4. The maximum atomic E-state index is 12.1. The molecular formula is C13H18N4O. The highest BCUT2D eigenvalue weighted by Gasteiger charge is 2.19. The summed E-state index contributed by atoms with van der Waals surface area (Å²) < 4.78 is 0. The maximum absolute atomic E-state index is 12.1. The molecule has 1 aromatic rings. The minimum Gasteiger partial charge on any atom is -0.358 e. The summed E-state index contributed by atoms with van der Waals surface area (Å²) in [6, 6.07) is 5.02. The molecule has 0 aliphatic carbocycles. The van der Waals surface area contributed by atoms with Crippen molar-refractivity contribution in [2.24, 2.45) is 0 Å². The minimum absolute atomic E-state index is 0.00884. The van der Waals surface area contributed by atoms with E-state index in [0.717, 1.165) is 0 Å². The second-order valence-corrected chi connectivity index (χ2v) is 3.89. The van der Waals surface area contributed by atoms with Crippen LogP contribution < -0.4 is 5.32 Å². The molecule has 5 heteroatoms. The van der Waals surface area contributed by atoms with Gasteiger partial charge in [0.1, 0.15) is 17.9 Å². The van der Waals surface area contributed by atoms with E-state index in [0.29, 0.717) is 24.5 Å². The van der Waals surface area contributed by atoms with Crippen molar-refractivity contribution >= 4 is 11.7 Å². The standard InChI is InChI=1S/C13H18N4O/c1-4-17(5-2)13(18)10(3)16-12-11(9-14)7-6-8-15-12/h6-8,10H,4-5H2,1-3H3,(H,15,16). The van der Waals surface area contributed by atoms with Gasteiger partial charge in [0.15, 0.2) is 0 Å². The molecule has 0 bridgehead atoms. The number of rotatable bonds is 5. The number of nitriles is 1. The Balaban J connectivity index is 2.79. The fraction of sp³-hybridized carbons (Fsp3) is 0.462. The summed E-state index contributed by atoms with van der Waals surface area (Å²) in [5, 5.41) is 11.9. The van der Waals surface area contributed by atoms with Crippen LogP contribution in [0.15, 0.2) is 18.3 Å². The molecule has 96 valence electrons. The number of nitrogens with zero attached hydrogens (tertiary/aromatic N) is 3. The van der Waals surface area contributed by atoms with E-state index in [2.05, 4.69) is 10.3 Å². The van der Waals surface area contributed by atoms with E-state index in [1.807, 2.05) is 19.9 Å². The number of anilines is 1. The maximum Gasteiger partial charge on any atom is 0.244 e. The van der Waals surface area contributed by atoms with Crippen LogP contribution in [0.2, 0.25) is 0 Å². The predicted octanol–water partition coefficient (Wildman–Crippen LogP) is 1.62. The summed E-state index contributed by atoms with van der Waals surface area (Å²) in [7, 11) is 0. The van der Waals surface area contributed by atoms with Gasteiger partial charge in [0.2, 0.25) is 5.91 Å². The first-order valence-electron chi connectivity index (χ1n) is 6.04. The van der Waals surface area contributed by atoms with E-state index >= 15 is 0 Å².